The first-order chi connectivity index (χ1) is 8.75. The molecule has 1 rings (SSSR count). The molecule has 2 N–H and O–H groups in total. The van der Waals surface area contributed by atoms with Crippen LogP contribution in [0, 0.1) is 17.3 Å². The molecule has 0 aliphatic heterocycles. The van der Waals surface area contributed by atoms with E-state index in [1.807, 2.05) is 45.1 Å². The monoisotopic (exact) mass is 264 g/mol. The summed E-state index contributed by atoms with van der Waals surface area (Å²) in [5.41, 5.74) is -0.697. The van der Waals surface area contributed by atoms with Crippen LogP contribution in [0.5, 0.6) is 0 Å². The van der Waals surface area contributed by atoms with Crippen LogP contribution >= 0.6 is 0 Å². The van der Waals surface area contributed by atoms with Crippen LogP contribution in [0.3, 0.4) is 0 Å². The van der Waals surface area contributed by atoms with Gasteiger partial charge in [0, 0.05) is 5.41 Å². The number of carboxylic acids is 2. The standard InChI is InChI=1S/C15H20O4/c1-9(2)15(8-6-5-7-10(15)3)11(4)12(13(16)17)14(18)19/h5-10H,1-4H3,(H,16,17)(H,18,19). The highest BCUT2D eigenvalue weighted by molar-refractivity contribution is 6.13. The molecule has 2 atom stereocenters. The number of allylic oxidation sites excluding steroid dienone is 5. The molecule has 0 aromatic heterocycles. The molecule has 19 heavy (non-hydrogen) atoms. The topological polar surface area (TPSA) is 74.6 Å². The smallest absolute Gasteiger partial charge is 0.343 e. The van der Waals surface area contributed by atoms with Gasteiger partial charge < -0.3 is 10.2 Å². The summed E-state index contributed by atoms with van der Waals surface area (Å²) in [6.45, 7) is 7.54. The Morgan fingerprint density at radius 1 is 1.16 bits per heavy atom. The molecule has 104 valence electrons. The molecule has 0 aromatic rings. The lowest BCUT2D eigenvalue weighted by Crippen LogP contribution is -2.36. The molecule has 0 bridgehead atoms. The van der Waals surface area contributed by atoms with Crippen molar-refractivity contribution in [1.82, 2.24) is 0 Å². The van der Waals surface area contributed by atoms with Gasteiger partial charge >= 0.3 is 11.9 Å². The maximum atomic E-state index is 11.2. The van der Waals surface area contributed by atoms with E-state index in [0.29, 0.717) is 5.57 Å². The number of hydrogen-bond donors (Lipinski definition) is 2. The predicted octanol–water partition coefficient (Wildman–Crippen LogP) is 2.88. The van der Waals surface area contributed by atoms with E-state index in [2.05, 4.69) is 0 Å². The zero-order chi connectivity index (χ0) is 14.8. The third kappa shape index (κ3) is 2.48. The van der Waals surface area contributed by atoms with Gasteiger partial charge in [0.2, 0.25) is 0 Å². The highest BCUT2D eigenvalue weighted by Crippen LogP contribution is 2.47. The molecule has 4 nitrogen and oxygen atoms in total. The second-order valence-electron chi connectivity index (χ2n) is 5.23. The molecule has 0 saturated carbocycles. The summed E-state index contributed by atoms with van der Waals surface area (Å²) in [6.07, 6.45) is 7.65. The fourth-order valence-corrected chi connectivity index (χ4v) is 3.00. The predicted molar refractivity (Wildman–Crippen MR) is 72.7 cm³/mol. The number of rotatable bonds is 4. The first kappa shape index (κ1) is 15.2. The zero-order valence-electron chi connectivity index (χ0n) is 11.7. The Hall–Kier alpha value is -1.84. The summed E-state index contributed by atoms with van der Waals surface area (Å²) in [5, 5.41) is 18.3. The van der Waals surface area contributed by atoms with Crippen LogP contribution in [0.25, 0.3) is 0 Å². The Labute approximate surface area is 113 Å². The number of carbonyl (C=O) groups is 2. The fourth-order valence-electron chi connectivity index (χ4n) is 3.00. The van der Waals surface area contributed by atoms with Crippen molar-refractivity contribution < 1.29 is 19.8 Å². The average Bonchev–Trinajstić information content (AvgIpc) is 2.27. The molecule has 0 radical (unpaired) electrons. The van der Waals surface area contributed by atoms with Gasteiger partial charge in [-0.15, -0.1) is 0 Å². The van der Waals surface area contributed by atoms with Crippen LogP contribution in [0.1, 0.15) is 27.7 Å². The fraction of sp³-hybridized carbons (Fsp3) is 0.467. The lowest BCUT2D eigenvalue weighted by molar-refractivity contribution is -0.140. The maximum Gasteiger partial charge on any atom is 0.343 e. The Balaban J connectivity index is 3.55. The minimum Gasteiger partial charge on any atom is -0.477 e. The Morgan fingerprint density at radius 3 is 2.05 bits per heavy atom. The molecule has 0 fully saturated rings. The van der Waals surface area contributed by atoms with E-state index in [9.17, 15) is 9.59 Å². The van der Waals surface area contributed by atoms with Crippen molar-refractivity contribution >= 4 is 11.9 Å². The molecule has 0 heterocycles. The van der Waals surface area contributed by atoms with Gasteiger partial charge in [0.15, 0.2) is 0 Å². The van der Waals surface area contributed by atoms with E-state index in [-0.39, 0.29) is 11.8 Å². The SMILES string of the molecule is CC(=C(C(=O)O)C(=O)O)C1(C(C)C)C=CC=CC1C. The average molecular weight is 264 g/mol. The normalized spacial score (nSPS) is 25.4. The summed E-state index contributed by atoms with van der Waals surface area (Å²) in [5.74, 6) is -2.64. The van der Waals surface area contributed by atoms with Gasteiger partial charge in [0.25, 0.3) is 0 Å². The highest BCUT2D eigenvalue weighted by atomic mass is 16.4. The van der Waals surface area contributed by atoms with Gasteiger partial charge in [-0.2, -0.15) is 0 Å². The van der Waals surface area contributed by atoms with Crippen molar-refractivity contribution in [2.75, 3.05) is 0 Å². The van der Waals surface area contributed by atoms with Gasteiger partial charge in [0.1, 0.15) is 5.57 Å². The van der Waals surface area contributed by atoms with Gasteiger partial charge in [-0.05, 0) is 24.3 Å². The van der Waals surface area contributed by atoms with Crippen LogP contribution in [-0.2, 0) is 9.59 Å². The molecule has 0 spiro atoms. The summed E-state index contributed by atoms with van der Waals surface area (Å²) >= 11 is 0. The van der Waals surface area contributed by atoms with Crippen LogP contribution in [-0.4, -0.2) is 22.2 Å². The third-order valence-electron chi connectivity index (χ3n) is 4.04. The van der Waals surface area contributed by atoms with Gasteiger partial charge in [0.05, 0.1) is 0 Å². The van der Waals surface area contributed by atoms with Crippen molar-refractivity contribution in [1.29, 1.82) is 0 Å². The van der Waals surface area contributed by atoms with Crippen LogP contribution in [0.4, 0.5) is 0 Å². The highest BCUT2D eigenvalue weighted by Gasteiger charge is 2.42. The summed E-state index contributed by atoms with van der Waals surface area (Å²) in [6, 6.07) is 0. The Bertz CT molecular complexity index is 466. The van der Waals surface area contributed by atoms with E-state index in [1.165, 1.54) is 0 Å². The van der Waals surface area contributed by atoms with Crippen LogP contribution < -0.4 is 0 Å². The number of carboxylic acid groups (broad SMARTS) is 2. The molecule has 0 amide bonds. The molecule has 1 aliphatic rings. The first-order valence-electron chi connectivity index (χ1n) is 6.29. The zero-order valence-corrected chi connectivity index (χ0v) is 11.7. The van der Waals surface area contributed by atoms with Crippen molar-refractivity contribution in [3.8, 4) is 0 Å². The molecular weight excluding hydrogens is 244 g/mol. The molecule has 2 unspecified atom stereocenters. The largest absolute Gasteiger partial charge is 0.477 e. The van der Waals surface area contributed by atoms with E-state index < -0.39 is 22.9 Å². The quantitative estimate of drug-likeness (QED) is 0.465. The van der Waals surface area contributed by atoms with E-state index >= 15 is 0 Å². The second kappa shape index (κ2) is 5.43. The van der Waals surface area contributed by atoms with Crippen LogP contribution in [0.15, 0.2) is 35.5 Å². The minimum atomic E-state index is -1.39. The van der Waals surface area contributed by atoms with Crippen molar-refractivity contribution in [3.63, 3.8) is 0 Å². The molecule has 0 aromatic carbocycles. The summed E-state index contributed by atoms with van der Waals surface area (Å²) in [7, 11) is 0. The summed E-state index contributed by atoms with van der Waals surface area (Å²) < 4.78 is 0. The lowest BCUT2D eigenvalue weighted by atomic mass is 9.61. The Morgan fingerprint density at radius 2 is 1.68 bits per heavy atom. The second-order valence-corrected chi connectivity index (χ2v) is 5.23. The van der Waals surface area contributed by atoms with Gasteiger partial charge in [-0.1, -0.05) is 45.1 Å². The minimum absolute atomic E-state index is 0.0474. The summed E-state index contributed by atoms with van der Waals surface area (Å²) in [4.78, 5) is 22.4. The lowest BCUT2D eigenvalue weighted by Gasteiger charge is -2.42. The third-order valence-corrected chi connectivity index (χ3v) is 4.04. The van der Waals surface area contributed by atoms with Crippen molar-refractivity contribution in [3.05, 3.63) is 35.5 Å². The van der Waals surface area contributed by atoms with E-state index in [1.54, 1.807) is 6.92 Å². The van der Waals surface area contributed by atoms with Crippen molar-refractivity contribution in [2.45, 2.75) is 27.7 Å². The molecule has 1 aliphatic carbocycles. The van der Waals surface area contributed by atoms with E-state index in [4.69, 9.17) is 10.2 Å². The van der Waals surface area contributed by atoms with Crippen molar-refractivity contribution in [2.24, 2.45) is 17.3 Å². The number of hydrogen-bond acceptors (Lipinski definition) is 2. The van der Waals surface area contributed by atoms with Crippen LogP contribution in [0.2, 0.25) is 0 Å². The number of aliphatic carboxylic acids is 2. The van der Waals surface area contributed by atoms with Gasteiger partial charge in [-0.3, -0.25) is 0 Å². The van der Waals surface area contributed by atoms with E-state index in [0.717, 1.165) is 0 Å². The maximum absolute atomic E-state index is 11.2. The van der Waals surface area contributed by atoms with Gasteiger partial charge in [-0.25, -0.2) is 9.59 Å². The molecular formula is C15H20O4. The Kier molecular flexibility index (Phi) is 4.35. The first-order valence-corrected chi connectivity index (χ1v) is 6.29. The molecule has 0 saturated heterocycles. The molecule has 4 heteroatoms.